The molecule has 0 fully saturated rings. The minimum absolute atomic E-state index is 0.384. The van der Waals surface area contributed by atoms with Crippen LogP contribution in [-0.4, -0.2) is 42.9 Å². The van der Waals surface area contributed by atoms with Crippen molar-refractivity contribution < 1.29 is 4.74 Å². The van der Waals surface area contributed by atoms with Crippen molar-refractivity contribution in [3.8, 4) is 0 Å². The Morgan fingerprint density at radius 1 is 1.33 bits per heavy atom. The van der Waals surface area contributed by atoms with Crippen molar-refractivity contribution in [2.24, 2.45) is 5.92 Å². The van der Waals surface area contributed by atoms with Gasteiger partial charge in [-0.3, -0.25) is 0 Å². The third-order valence-corrected chi connectivity index (χ3v) is 2.23. The lowest BCUT2D eigenvalue weighted by Gasteiger charge is -2.28. The number of nitrogens with zero attached hydrogens (tertiary/aromatic N) is 1. The summed E-state index contributed by atoms with van der Waals surface area (Å²) in [5.41, 5.74) is 0. The van der Waals surface area contributed by atoms with E-state index in [4.69, 9.17) is 17.0 Å². The van der Waals surface area contributed by atoms with Crippen LogP contribution in [-0.2, 0) is 4.74 Å². The highest BCUT2D eigenvalue weighted by molar-refractivity contribution is 7.80. The predicted octanol–water partition coefficient (Wildman–Crippen LogP) is 1.87. The van der Waals surface area contributed by atoms with Gasteiger partial charge in [0.25, 0.3) is 0 Å². The second-order valence-corrected chi connectivity index (χ2v) is 4.82. The van der Waals surface area contributed by atoms with Crippen LogP contribution in [0.15, 0.2) is 0 Å². The van der Waals surface area contributed by atoms with Crippen molar-refractivity contribution in [3.63, 3.8) is 0 Å². The summed E-state index contributed by atoms with van der Waals surface area (Å²) in [6, 6.07) is 0.384. The Bertz CT molecular complexity index is 183. The van der Waals surface area contributed by atoms with Crippen LogP contribution < -0.4 is 5.32 Å². The first-order chi connectivity index (χ1) is 6.97. The van der Waals surface area contributed by atoms with E-state index in [2.05, 4.69) is 37.9 Å². The van der Waals surface area contributed by atoms with Gasteiger partial charge in [-0.1, -0.05) is 13.8 Å². The smallest absolute Gasteiger partial charge is 0.169 e. The van der Waals surface area contributed by atoms with Gasteiger partial charge in [0.1, 0.15) is 0 Å². The van der Waals surface area contributed by atoms with Gasteiger partial charge in [-0.25, -0.2) is 0 Å². The second kappa shape index (κ2) is 7.88. The fourth-order valence-electron chi connectivity index (χ4n) is 1.26. The number of hydrogen-bond acceptors (Lipinski definition) is 2. The van der Waals surface area contributed by atoms with Gasteiger partial charge in [-0.05, 0) is 32.0 Å². The number of nitrogens with one attached hydrogen (secondary N) is 1. The van der Waals surface area contributed by atoms with Crippen molar-refractivity contribution in [1.29, 1.82) is 0 Å². The molecule has 0 saturated heterocycles. The Kier molecular flexibility index (Phi) is 7.70. The highest BCUT2D eigenvalue weighted by Gasteiger charge is 2.11. The van der Waals surface area contributed by atoms with Gasteiger partial charge in [-0.2, -0.15) is 0 Å². The maximum absolute atomic E-state index is 5.34. The summed E-state index contributed by atoms with van der Waals surface area (Å²) in [5.74, 6) is 0.605. The van der Waals surface area contributed by atoms with Gasteiger partial charge < -0.3 is 15.0 Å². The molecule has 0 aromatic carbocycles. The van der Waals surface area contributed by atoms with Crippen LogP contribution in [0.1, 0.15) is 27.7 Å². The van der Waals surface area contributed by atoms with E-state index >= 15 is 0 Å². The van der Waals surface area contributed by atoms with Crippen molar-refractivity contribution in [2.45, 2.75) is 33.7 Å². The SMILES string of the molecule is COCCN(CC(C)C)C(=S)NC(C)C. The lowest BCUT2D eigenvalue weighted by Crippen LogP contribution is -2.45. The van der Waals surface area contributed by atoms with Crippen LogP contribution in [0.5, 0.6) is 0 Å². The predicted molar refractivity (Wildman–Crippen MR) is 69.2 cm³/mol. The monoisotopic (exact) mass is 232 g/mol. The van der Waals surface area contributed by atoms with E-state index in [1.165, 1.54) is 0 Å². The fourth-order valence-corrected chi connectivity index (χ4v) is 1.66. The lowest BCUT2D eigenvalue weighted by molar-refractivity contribution is 0.171. The fraction of sp³-hybridized carbons (Fsp3) is 0.909. The molecule has 0 bridgehead atoms. The van der Waals surface area contributed by atoms with Gasteiger partial charge in [0.15, 0.2) is 5.11 Å². The molecule has 0 aliphatic heterocycles. The van der Waals surface area contributed by atoms with Crippen LogP contribution in [0.25, 0.3) is 0 Å². The minimum Gasteiger partial charge on any atom is -0.383 e. The van der Waals surface area contributed by atoms with E-state index in [1.807, 2.05) is 0 Å². The molecule has 0 radical (unpaired) electrons. The normalized spacial score (nSPS) is 10.9. The minimum atomic E-state index is 0.384. The third kappa shape index (κ3) is 7.56. The molecule has 0 unspecified atom stereocenters. The third-order valence-electron chi connectivity index (χ3n) is 1.85. The van der Waals surface area contributed by atoms with Crippen molar-refractivity contribution in [1.82, 2.24) is 10.2 Å². The largest absolute Gasteiger partial charge is 0.383 e. The first-order valence-electron chi connectivity index (χ1n) is 5.51. The molecule has 0 aliphatic carbocycles. The van der Waals surface area contributed by atoms with E-state index in [0.717, 1.165) is 18.2 Å². The summed E-state index contributed by atoms with van der Waals surface area (Å²) in [7, 11) is 1.71. The van der Waals surface area contributed by atoms with E-state index in [-0.39, 0.29) is 0 Å². The van der Waals surface area contributed by atoms with Gasteiger partial charge >= 0.3 is 0 Å². The first-order valence-corrected chi connectivity index (χ1v) is 5.92. The molecule has 0 spiro atoms. The topological polar surface area (TPSA) is 24.5 Å². The van der Waals surface area contributed by atoms with E-state index in [0.29, 0.717) is 18.6 Å². The van der Waals surface area contributed by atoms with Crippen LogP contribution in [0.4, 0.5) is 0 Å². The maximum atomic E-state index is 5.34. The van der Waals surface area contributed by atoms with E-state index in [1.54, 1.807) is 7.11 Å². The molecular weight excluding hydrogens is 208 g/mol. The second-order valence-electron chi connectivity index (χ2n) is 4.44. The molecule has 4 heteroatoms. The zero-order valence-corrected chi connectivity index (χ0v) is 11.4. The van der Waals surface area contributed by atoms with Crippen LogP contribution in [0, 0.1) is 5.92 Å². The summed E-state index contributed by atoms with van der Waals surface area (Å²) in [6.07, 6.45) is 0. The molecule has 0 heterocycles. The van der Waals surface area contributed by atoms with Gasteiger partial charge in [0.2, 0.25) is 0 Å². The zero-order valence-electron chi connectivity index (χ0n) is 10.5. The van der Waals surface area contributed by atoms with Crippen LogP contribution >= 0.6 is 12.2 Å². The standard InChI is InChI=1S/C11H24N2OS/c1-9(2)8-13(6-7-14-5)11(15)12-10(3)4/h9-10H,6-8H2,1-5H3,(H,12,15). The molecule has 0 amide bonds. The molecular formula is C11H24N2OS. The summed E-state index contributed by atoms with van der Waals surface area (Å²) >= 11 is 5.34. The molecule has 0 atom stereocenters. The number of hydrogen-bond donors (Lipinski definition) is 1. The number of thiocarbonyl (C=S) groups is 1. The average Bonchev–Trinajstić information content (AvgIpc) is 2.10. The number of ether oxygens (including phenoxy) is 1. The molecule has 0 aromatic rings. The zero-order chi connectivity index (χ0) is 11.8. The van der Waals surface area contributed by atoms with Gasteiger partial charge in [-0.15, -0.1) is 0 Å². The van der Waals surface area contributed by atoms with Crippen LogP contribution in [0.3, 0.4) is 0 Å². The Morgan fingerprint density at radius 2 is 1.93 bits per heavy atom. The molecule has 1 N–H and O–H groups in total. The van der Waals surface area contributed by atoms with E-state index in [9.17, 15) is 0 Å². The molecule has 0 aromatic heterocycles. The Labute approximate surface area is 99.2 Å². The average molecular weight is 232 g/mol. The first kappa shape index (κ1) is 14.6. The van der Waals surface area contributed by atoms with Gasteiger partial charge in [0.05, 0.1) is 6.61 Å². The van der Waals surface area contributed by atoms with E-state index < -0.39 is 0 Å². The maximum Gasteiger partial charge on any atom is 0.169 e. The lowest BCUT2D eigenvalue weighted by atomic mass is 10.2. The summed E-state index contributed by atoms with van der Waals surface area (Å²) in [5, 5.41) is 4.09. The molecule has 15 heavy (non-hydrogen) atoms. The summed E-state index contributed by atoms with van der Waals surface area (Å²) < 4.78 is 5.08. The molecule has 0 saturated carbocycles. The quantitative estimate of drug-likeness (QED) is 0.707. The molecule has 0 aliphatic rings. The van der Waals surface area contributed by atoms with Crippen molar-refractivity contribution in [3.05, 3.63) is 0 Å². The number of methoxy groups -OCH3 is 1. The summed E-state index contributed by atoms with van der Waals surface area (Å²) in [4.78, 5) is 2.17. The highest BCUT2D eigenvalue weighted by atomic mass is 32.1. The van der Waals surface area contributed by atoms with Crippen LogP contribution in [0.2, 0.25) is 0 Å². The Balaban J connectivity index is 4.14. The van der Waals surface area contributed by atoms with Gasteiger partial charge in [0, 0.05) is 26.2 Å². The summed E-state index contributed by atoms with van der Waals surface area (Å²) in [6.45, 7) is 11.1. The number of rotatable bonds is 6. The molecule has 0 rings (SSSR count). The Morgan fingerprint density at radius 3 is 2.33 bits per heavy atom. The molecule has 90 valence electrons. The van der Waals surface area contributed by atoms with Crippen molar-refractivity contribution in [2.75, 3.05) is 26.8 Å². The molecule has 3 nitrogen and oxygen atoms in total. The Hall–Kier alpha value is -0.350. The highest BCUT2D eigenvalue weighted by Crippen LogP contribution is 2.00. The van der Waals surface area contributed by atoms with Crippen molar-refractivity contribution >= 4 is 17.3 Å².